The first-order valence-corrected chi connectivity index (χ1v) is 9.99. The SMILES string of the molecule is COc1cc(C(=O)CC(OC)c2ccc3c(c2)OCO3)c(OC)c2c1OC(C)(C)C=C2. The third-order valence-electron chi connectivity index (χ3n) is 5.40. The largest absolute Gasteiger partial charge is 0.495 e. The van der Waals surface area contributed by atoms with Crippen LogP contribution in [0.4, 0.5) is 0 Å². The van der Waals surface area contributed by atoms with E-state index in [4.69, 9.17) is 28.4 Å². The highest BCUT2D eigenvalue weighted by molar-refractivity contribution is 6.01. The van der Waals surface area contributed by atoms with Crippen LogP contribution >= 0.6 is 0 Å². The Hall–Kier alpha value is -3.19. The Morgan fingerprint density at radius 3 is 2.58 bits per heavy atom. The molecule has 2 aromatic rings. The number of hydrogen-bond donors (Lipinski definition) is 0. The summed E-state index contributed by atoms with van der Waals surface area (Å²) in [6.45, 7) is 4.09. The van der Waals surface area contributed by atoms with E-state index in [1.54, 1.807) is 20.3 Å². The molecule has 0 aliphatic carbocycles. The maximum atomic E-state index is 13.3. The number of carbonyl (C=O) groups is 1. The number of rotatable bonds is 7. The Morgan fingerprint density at radius 1 is 1.10 bits per heavy atom. The molecule has 0 bridgehead atoms. The molecule has 2 heterocycles. The molecule has 164 valence electrons. The quantitative estimate of drug-likeness (QED) is 0.600. The molecule has 1 unspecified atom stereocenters. The van der Waals surface area contributed by atoms with Crippen molar-refractivity contribution in [2.24, 2.45) is 0 Å². The summed E-state index contributed by atoms with van der Waals surface area (Å²) in [4.78, 5) is 13.3. The standard InChI is InChI=1S/C24H26O7/c1-24(2)9-8-15-22(28-5)16(11-21(27-4)23(15)31-24)17(25)12-19(26-3)14-6-7-18-20(10-14)30-13-29-18/h6-11,19H,12-13H2,1-5H3. The highest BCUT2D eigenvalue weighted by Crippen LogP contribution is 2.46. The Kier molecular flexibility index (Phi) is 5.54. The number of ketones is 1. The summed E-state index contributed by atoms with van der Waals surface area (Å²) in [7, 11) is 4.67. The van der Waals surface area contributed by atoms with E-state index < -0.39 is 11.7 Å². The maximum Gasteiger partial charge on any atom is 0.231 e. The first kappa shape index (κ1) is 21.1. The van der Waals surface area contributed by atoms with E-state index in [-0.39, 0.29) is 19.0 Å². The number of ether oxygens (including phenoxy) is 6. The van der Waals surface area contributed by atoms with Crippen LogP contribution in [0.5, 0.6) is 28.7 Å². The predicted molar refractivity (Wildman–Crippen MR) is 115 cm³/mol. The summed E-state index contributed by atoms with van der Waals surface area (Å²) >= 11 is 0. The average Bonchev–Trinajstić information content (AvgIpc) is 3.23. The van der Waals surface area contributed by atoms with Crippen molar-refractivity contribution in [2.45, 2.75) is 32.0 Å². The van der Waals surface area contributed by atoms with Crippen LogP contribution < -0.4 is 23.7 Å². The molecule has 0 N–H and O–H groups in total. The van der Waals surface area contributed by atoms with Gasteiger partial charge in [0.15, 0.2) is 28.8 Å². The zero-order chi connectivity index (χ0) is 22.2. The van der Waals surface area contributed by atoms with Crippen molar-refractivity contribution in [1.82, 2.24) is 0 Å². The summed E-state index contributed by atoms with van der Waals surface area (Å²) in [6, 6.07) is 7.20. The summed E-state index contributed by atoms with van der Waals surface area (Å²) in [5.41, 5.74) is 1.43. The highest BCUT2D eigenvalue weighted by atomic mass is 16.7. The molecule has 2 aliphatic rings. The van der Waals surface area contributed by atoms with E-state index in [1.165, 1.54) is 7.11 Å². The predicted octanol–water partition coefficient (Wildman–Crippen LogP) is 4.58. The van der Waals surface area contributed by atoms with Crippen LogP contribution in [0.15, 0.2) is 30.3 Å². The van der Waals surface area contributed by atoms with Gasteiger partial charge in [-0.1, -0.05) is 6.07 Å². The van der Waals surface area contributed by atoms with Gasteiger partial charge in [0.25, 0.3) is 0 Å². The second-order valence-electron chi connectivity index (χ2n) is 7.91. The Labute approximate surface area is 181 Å². The minimum atomic E-state index is -0.489. The normalized spacial score (nSPS) is 16.3. The van der Waals surface area contributed by atoms with E-state index in [1.807, 2.05) is 44.2 Å². The topological polar surface area (TPSA) is 72.5 Å². The molecule has 0 saturated carbocycles. The fraction of sp³-hybridized carbons (Fsp3) is 0.375. The van der Waals surface area contributed by atoms with Gasteiger partial charge in [-0.15, -0.1) is 0 Å². The minimum absolute atomic E-state index is 0.116. The molecule has 0 amide bonds. The van der Waals surface area contributed by atoms with E-state index in [2.05, 4.69) is 0 Å². The van der Waals surface area contributed by atoms with Gasteiger partial charge in [-0.25, -0.2) is 0 Å². The molecule has 0 spiro atoms. The van der Waals surface area contributed by atoms with Crippen LogP contribution in [0.3, 0.4) is 0 Å². The van der Waals surface area contributed by atoms with Crippen LogP contribution in [-0.4, -0.2) is 39.5 Å². The van der Waals surface area contributed by atoms with Gasteiger partial charge in [0, 0.05) is 13.5 Å². The van der Waals surface area contributed by atoms with Crippen molar-refractivity contribution < 1.29 is 33.2 Å². The minimum Gasteiger partial charge on any atom is -0.495 e. The molecule has 0 aromatic heterocycles. The van der Waals surface area contributed by atoms with Crippen molar-refractivity contribution in [1.29, 1.82) is 0 Å². The van der Waals surface area contributed by atoms with Gasteiger partial charge < -0.3 is 28.4 Å². The first-order chi connectivity index (χ1) is 14.9. The van der Waals surface area contributed by atoms with Crippen molar-refractivity contribution in [3.8, 4) is 28.7 Å². The maximum absolute atomic E-state index is 13.3. The van der Waals surface area contributed by atoms with E-state index in [0.29, 0.717) is 39.9 Å². The van der Waals surface area contributed by atoms with Gasteiger partial charge in [-0.3, -0.25) is 4.79 Å². The van der Waals surface area contributed by atoms with Crippen LogP contribution in [0.1, 0.15) is 47.9 Å². The Morgan fingerprint density at radius 2 is 1.87 bits per heavy atom. The number of fused-ring (bicyclic) bond motifs is 2. The number of Topliss-reactive ketones (excluding diaryl/α,β-unsaturated/α-hetero) is 1. The third kappa shape index (κ3) is 3.93. The van der Waals surface area contributed by atoms with Crippen molar-refractivity contribution in [2.75, 3.05) is 28.1 Å². The lowest BCUT2D eigenvalue weighted by atomic mass is 9.94. The van der Waals surface area contributed by atoms with Crippen LogP contribution in [0, 0.1) is 0 Å². The van der Waals surface area contributed by atoms with E-state index in [0.717, 1.165) is 5.56 Å². The number of hydrogen-bond acceptors (Lipinski definition) is 7. The lowest BCUT2D eigenvalue weighted by Crippen LogP contribution is -2.28. The van der Waals surface area contributed by atoms with Gasteiger partial charge in [0.1, 0.15) is 11.4 Å². The summed E-state index contributed by atoms with van der Waals surface area (Å²) in [5.74, 6) is 2.68. The van der Waals surface area contributed by atoms with Crippen molar-refractivity contribution in [3.63, 3.8) is 0 Å². The van der Waals surface area contributed by atoms with Gasteiger partial charge >= 0.3 is 0 Å². The van der Waals surface area contributed by atoms with E-state index in [9.17, 15) is 4.79 Å². The first-order valence-electron chi connectivity index (χ1n) is 9.99. The number of carbonyl (C=O) groups excluding carboxylic acids is 1. The van der Waals surface area contributed by atoms with E-state index >= 15 is 0 Å². The summed E-state index contributed by atoms with van der Waals surface area (Å²) in [5, 5.41) is 0. The highest BCUT2D eigenvalue weighted by Gasteiger charge is 2.31. The molecule has 0 saturated heterocycles. The molecular formula is C24H26O7. The smallest absolute Gasteiger partial charge is 0.231 e. The molecule has 31 heavy (non-hydrogen) atoms. The Bertz CT molecular complexity index is 1040. The second kappa shape index (κ2) is 8.15. The van der Waals surface area contributed by atoms with Gasteiger partial charge in [0.05, 0.1) is 31.5 Å². The lowest BCUT2D eigenvalue weighted by molar-refractivity contribution is 0.0726. The molecule has 4 rings (SSSR count). The van der Waals surface area contributed by atoms with Crippen molar-refractivity contribution in [3.05, 3.63) is 47.0 Å². The van der Waals surface area contributed by atoms with Gasteiger partial charge in [-0.05, 0) is 49.8 Å². The number of methoxy groups -OCH3 is 3. The molecule has 7 nitrogen and oxygen atoms in total. The van der Waals surface area contributed by atoms with Crippen LogP contribution in [0.2, 0.25) is 0 Å². The second-order valence-corrected chi connectivity index (χ2v) is 7.91. The molecule has 2 aromatic carbocycles. The molecule has 0 radical (unpaired) electrons. The third-order valence-corrected chi connectivity index (χ3v) is 5.40. The molecule has 0 fully saturated rings. The van der Waals surface area contributed by atoms with Crippen molar-refractivity contribution >= 4 is 11.9 Å². The van der Waals surface area contributed by atoms with Gasteiger partial charge in [-0.2, -0.15) is 0 Å². The van der Waals surface area contributed by atoms with Crippen LogP contribution in [0.25, 0.3) is 6.08 Å². The molecular weight excluding hydrogens is 400 g/mol. The fourth-order valence-electron chi connectivity index (χ4n) is 3.79. The lowest BCUT2D eigenvalue weighted by Gasteiger charge is -2.30. The monoisotopic (exact) mass is 426 g/mol. The molecule has 2 aliphatic heterocycles. The zero-order valence-corrected chi connectivity index (χ0v) is 18.3. The van der Waals surface area contributed by atoms with Crippen LogP contribution in [-0.2, 0) is 4.74 Å². The zero-order valence-electron chi connectivity index (χ0n) is 18.3. The Balaban J connectivity index is 1.68. The number of benzene rings is 2. The molecule has 7 heteroatoms. The van der Waals surface area contributed by atoms with Gasteiger partial charge in [0.2, 0.25) is 6.79 Å². The summed E-state index contributed by atoms with van der Waals surface area (Å²) in [6.07, 6.45) is 3.49. The molecule has 1 atom stereocenters. The fourth-order valence-corrected chi connectivity index (χ4v) is 3.79. The average molecular weight is 426 g/mol. The summed E-state index contributed by atoms with van der Waals surface area (Å²) < 4.78 is 33.7.